The van der Waals surface area contributed by atoms with Crippen LogP contribution in [0, 0.1) is 5.92 Å². The van der Waals surface area contributed by atoms with E-state index in [0.29, 0.717) is 12.3 Å². The lowest BCUT2D eigenvalue weighted by molar-refractivity contribution is -0.107. The number of aryl methyl sites for hydroxylation is 1. The normalized spacial score (nSPS) is 10.5. The Labute approximate surface area is 86.1 Å². The summed E-state index contributed by atoms with van der Waals surface area (Å²) >= 11 is 0. The maximum Gasteiger partial charge on any atom is 0.120 e. The van der Waals surface area contributed by atoms with Crippen LogP contribution in [0.4, 0.5) is 0 Å². The standard InChI is InChI=1S/C13H18O/c1-11(2)9-13-6-3-5-12(10-13)7-4-8-14/h3,5-6,8,10-11H,4,7,9H2,1-2H3. The Morgan fingerprint density at radius 2 is 2.00 bits per heavy atom. The fourth-order valence-electron chi connectivity index (χ4n) is 1.61. The van der Waals surface area contributed by atoms with Crippen molar-refractivity contribution >= 4 is 6.29 Å². The zero-order valence-corrected chi connectivity index (χ0v) is 8.99. The van der Waals surface area contributed by atoms with Crippen molar-refractivity contribution in [2.45, 2.75) is 33.1 Å². The first-order valence-electron chi connectivity index (χ1n) is 5.24. The minimum absolute atomic E-state index is 0.630. The van der Waals surface area contributed by atoms with Gasteiger partial charge >= 0.3 is 0 Å². The van der Waals surface area contributed by atoms with Gasteiger partial charge in [-0.3, -0.25) is 0 Å². The molecule has 0 aromatic heterocycles. The second kappa shape index (κ2) is 5.58. The third-order valence-corrected chi connectivity index (χ3v) is 2.19. The second-order valence-corrected chi connectivity index (χ2v) is 4.12. The summed E-state index contributed by atoms with van der Waals surface area (Å²) in [6.07, 6.45) is 3.60. The third-order valence-electron chi connectivity index (χ3n) is 2.19. The van der Waals surface area contributed by atoms with Gasteiger partial charge in [-0.25, -0.2) is 0 Å². The quantitative estimate of drug-likeness (QED) is 0.652. The molecule has 0 fully saturated rings. The predicted molar refractivity (Wildman–Crippen MR) is 59.4 cm³/mol. The largest absolute Gasteiger partial charge is 0.303 e. The van der Waals surface area contributed by atoms with Crippen LogP contribution in [-0.2, 0) is 17.6 Å². The van der Waals surface area contributed by atoms with E-state index in [9.17, 15) is 4.79 Å². The first kappa shape index (κ1) is 11.0. The van der Waals surface area contributed by atoms with Crippen LogP contribution in [0.1, 0.15) is 31.4 Å². The predicted octanol–water partition coefficient (Wildman–Crippen LogP) is 3.02. The molecular formula is C13H18O. The molecule has 14 heavy (non-hydrogen) atoms. The highest BCUT2D eigenvalue weighted by Gasteiger charge is 1.99. The summed E-state index contributed by atoms with van der Waals surface area (Å²) < 4.78 is 0. The molecule has 1 aromatic rings. The van der Waals surface area contributed by atoms with Crippen LogP contribution in [0.25, 0.3) is 0 Å². The van der Waals surface area contributed by atoms with E-state index in [1.54, 1.807) is 0 Å². The second-order valence-electron chi connectivity index (χ2n) is 4.12. The van der Waals surface area contributed by atoms with Gasteiger partial charge in [0.15, 0.2) is 0 Å². The minimum Gasteiger partial charge on any atom is -0.303 e. The molecule has 0 saturated carbocycles. The van der Waals surface area contributed by atoms with Crippen LogP contribution in [0.2, 0.25) is 0 Å². The Kier molecular flexibility index (Phi) is 4.37. The van der Waals surface area contributed by atoms with E-state index < -0.39 is 0 Å². The molecule has 1 aromatic carbocycles. The lowest BCUT2D eigenvalue weighted by Crippen LogP contribution is -1.95. The Bertz CT molecular complexity index is 289. The monoisotopic (exact) mass is 190 g/mol. The lowest BCUT2D eigenvalue weighted by atomic mass is 10.00. The fraction of sp³-hybridized carbons (Fsp3) is 0.462. The van der Waals surface area contributed by atoms with Gasteiger partial charge in [0.1, 0.15) is 6.29 Å². The maximum atomic E-state index is 10.2. The van der Waals surface area contributed by atoms with Gasteiger partial charge in [0.05, 0.1) is 0 Å². The van der Waals surface area contributed by atoms with Crippen LogP contribution in [0.3, 0.4) is 0 Å². The fourth-order valence-corrected chi connectivity index (χ4v) is 1.61. The molecule has 0 aliphatic rings. The van der Waals surface area contributed by atoms with E-state index in [4.69, 9.17) is 0 Å². The Hall–Kier alpha value is -1.11. The number of hydrogen-bond acceptors (Lipinski definition) is 1. The molecule has 0 saturated heterocycles. The summed E-state index contributed by atoms with van der Waals surface area (Å²) in [6, 6.07) is 8.54. The van der Waals surface area contributed by atoms with E-state index in [-0.39, 0.29) is 0 Å². The number of hydrogen-bond donors (Lipinski definition) is 0. The van der Waals surface area contributed by atoms with Crippen molar-refractivity contribution in [3.63, 3.8) is 0 Å². The molecule has 1 heteroatoms. The van der Waals surface area contributed by atoms with Gasteiger partial charge in [0, 0.05) is 6.42 Å². The van der Waals surface area contributed by atoms with Gasteiger partial charge in [-0.2, -0.15) is 0 Å². The molecule has 0 bridgehead atoms. The average Bonchev–Trinajstić information content (AvgIpc) is 2.14. The van der Waals surface area contributed by atoms with E-state index in [2.05, 4.69) is 38.1 Å². The molecule has 0 aliphatic carbocycles. The molecule has 76 valence electrons. The van der Waals surface area contributed by atoms with Gasteiger partial charge in [-0.05, 0) is 29.9 Å². The first-order chi connectivity index (χ1) is 6.72. The summed E-state index contributed by atoms with van der Waals surface area (Å²) in [6.45, 7) is 4.44. The van der Waals surface area contributed by atoms with Crippen LogP contribution < -0.4 is 0 Å². The molecule has 0 atom stereocenters. The van der Waals surface area contributed by atoms with Crippen LogP contribution >= 0.6 is 0 Å². The van der Waals surface area contributed by atoms with Gasteiger partial charge < -0.3 is 4.79 Å². The highest BCUT2D eigenvalue weighted by molar-refractivity contribution is 5.50. The van der Waals surface area contributed by atoms with Crippen molar-refractivity contribution < 1.29 is 4.79 Å². The molecule has 0 N–H and O–H groups in total. The van der Waals surface area contributed by atoms with Crippen molar-refractivity contribution in [3.8, 4) is 0 Å². The number of carbonyl (C=O) groups excluding carboxylic acids is 1. The zero-order valence-electron chi connectivity index (χ0n) is 8.99. The van der Waals surface area contributed by atoms with Crippen molar-refractivity contribution in [1.82, 2.24) is 0 Å². The molecular weight excluding hydrogens is 172 g/mol. The molecule has 0 aliphatic heterocycles. The van der Waals surface area contributed by atoms with E-state index in [1.807, 2.05) is 0 Å². The summed E-state index contributed by atoms with van der Waals surface area (Å²) in [5, 5.41) is 0. The molecule has 1 rings (SSSR count). The van der Waals surface area contributed by atoms with Gasteiger partial charge in [0.25, 0.3) is 0 Å². The summed E-state index contributed by atoms with van der Waals surface area (Å²) in [4.78, 5) is 10.2. The zero-order chi connectivity index (χ0) is 10.4. The van der Waals surface area contributed by atoms with Crippen molar-refractivity contribution in [2.24, 2.45) is 5.92 Å². The Balaban J connectivity index is 2.63. The van der Waals surface area contributed by atoms with Crippen LogP contribution in [0.15, 0.2) is 24.3 Å². The van der Waals surface area contributed by atoms with Gasteiger partial charge in [-0.15, -0.1) is 0 Å². The topological polar surface area (TPSA) is 17.1 Å². The van der Waals surface area contributed by atoms with Crippen molar-refractivity contribution in [1.29, 1.82) is 0 Å². The number of carbonyl (C=O) groups is 1. The molecule has 0 radical (unpaired) electrons. The van der Waals surface area contributed by atoms with Gasteiger partial charge in [0.2, 0.25) is 0 Å². The Morgan fingerprint density at radius 3 is 2.64 bits per heavy atom. The van der Waals surface area contributed by atoms with E-state index >= 15 is 0 Å². The number of rotatable bonds is 5. The van der Waals surface area contributed by atoms with E-state index in [1.165, 1.54) is 11.1 Å². The van der Waals surface area contributed by atoms with Gasteiger partial charge in [-0.1, -0.05) is 38.1 Å². The average molecular weight is 190 g/mol. The molecule has 0 amide bonds. The summed E-state index contributed by atoms with van der Waals surface area (Å²) in [5.74, 6) is 0.691. The van der Waals surface area contributed by atoms with Crippen molar-refractivity contribution in [3.05, 3.63) is 35.4 Å². The lowest BCUT2D eigenvalue weighted by Gasteiger charge is -2.06. The highest BCUT2D eigenvalue weighted by Crippen LogP contribution is 2.11. The molecule has 0 unspecified atom stereocenters. The van der Waals surface area contributed by atoms with Crippen molar-refractivity contribution in [2.75, 3.05) is 0 Å². The first-order valence-corrected chi connectivity index (χ1v) is 5.24. The van der Waals surface area contributed by atoms with Crippen LogP contribution in [0.5, 0.6) is 0 Å². The van der Waals surface area contributed by atoms with E-state index in [0.717, 1.165) is 19.1 Å². The third kappa shape index (κ3) is 3.73. The van der Waals surface area contributed by atoms with Crippen LogP contribution in [-0.4, -0.2) is 6.29 Å². The molecule has 1 nitrogen and oxygen atoms in total. The Morgan fingerprint density at radius 1 is 1.29 bits per heavy atom. The number of benzene rings is 1. The summed E-state index contributed by atoms with van der Waals surface area (Å²) in [7, 11) is 0. The maximum absolute atomic E-state index is 10.2. The molecule has 0 heterocycles. The summed E-state index contributed by atoms with van der Waals surface area (Å²) in [5.41, 5.74) is 2.65. The minimum atomic E-state index is 0.630. The molecule has 0 spiro atoms. The smallest absolute Gasteiger partial charge is 0.120 e. The highest BCUT2D eigenvalue weighted by atomic mass is 16.1. The number of aldehydes is 1. The SMILES string of the molecule is CC(C)Cc1cccc(CCC=O)c1.